The molecule has 5 heteroatoms. The third kappa shape index (κ3) is 1.97. The van der Waals surface area contributed by atoms with E-state index in [4.69, 9.17) is 17.3 Å². The third-order valence-electron chi connectivity index (χ3n) is 1.81. The highest BCUT2D eigenvalue weighted by Gasteiger charge is 2.20. The fourth-order valence-corrected chi connectivity index (χ4v) is 1.22. The van der Waals surface area contributed by atoms with Gasteiger partial charge in [0.05, 0.1) is 12.1 Å². The van der Waals surface area contributed by atoms with E-state index in [0.717, 1.165) is 0 Å². The number of phenolic OH excluding ortho intramolecular Hbond substituents is 1. The molecule has 0 spiro atoms. The number of nitrogens with two attached hydrogens (primary N) is 1. The topological polar surface area (TPSA) is 72.5 Å². The Morgan fingerprint density at radius 2 is 2.29 bits per heavy atom. The number of carbonyl (C=O) groups excluding carboxylic acids is 1. The second-order valence-electron chi connectivity index (χ2n) is 2.68. The van der Waals surface area contributed by atoms with Crippen molar-refractivity contribution in [2.45, 2.75) is 6.04 Å². The maximum absolute atomic E-state index is 11.1. The number of hydrogen-bond donors (Lipinski definition) is 2. The normalized spacial score (nSPS) is 12.2. The van der Waals surface area contributed by atoms with E-state index >= 15 is 0 Å². The van der Waals surface area contributed by atoms with Gasteiger partial charge in [0.25, 0.3) is 0 Å². The molecule has 0 heterocycles. The summed E-state index contributed by atoms with van der Waals surface area (Å²) in [6.07, 6.45) is 0. The molecule has 0 aromatic heterocycles. The van der Waals surface area contributed by atoms with Crippen molar-refractivity contribution in [2.75, 3.05) is 7.11 Å². The Morgan fingerprint density at radius 1 is 1.64 bits per heavy atom. The van der Waals surface area contributed by atoms with E-state index in [1.54, 1.807) is 6.07 Å². The van der Waals surface area contributed by atoms with Crippen LogP contribution in [0.4, 0.5) is 0 Å². The summed E-state index contributed by atoms with van der Waals surface area (Å²) in [6, 6.07) is 3.60. The molecular formula is C9H10ClNO3. The van der Waals surface area contributed by atoms with E-state index in [1.807, 2.05) is 0 Å². The fourth-order valence-electron chi connectivity index (χ4n) is 1.04. The molecule has 0 aliphatic carbocycles. The molecule has 1 rings (SSSR count). The first kappa shape index (κ1) is 10.8. The van der Waals surface area contributed by atoms with Crippen molar-refractivity contribution in [3.05, 3.63) is 28.8 Å². The van der Waals surface area contributed by atoms with Gasteiger partial charge in [-0.2, -0.15) is 0 Å². The van der Waals surface area contributed by atoms with E-state index in [9.17, 15) is 9.90 Å². The Labute approximate surface area is 86.2 Å². The van der Waals surface area contributed by atoms with Crippen LogP contribution in [0.15, 0.2) is 18.2 Å². The first-order valence-corrected chi connectivity index (χ1v) is 4.26. The van der Waals surface area contributed by atoms with Crippen LogP contribution in [-0.4, -0.2) is 18.2 Å². The Bertz CT molecular complexity index is 354. The highest BCUT2D eigenvalue weighted by atomic mass is 35.5. The van der Waals surface area contributed by atoms with Crippen LogP contribution in [0.5, 0.6) is 5.75 Å². The van der Waals surface area contributed by atoms with Crippen LogP contribution >= 0.6 is 11.6 Å². The van der Waals surface area contributed by atoms with E-state index in [2.05, 4.69) is 4.74 Å². The van der Waals surface area contributed by atoms with Gasteiger partial charge in [-0.3, -0.25) is 4.79 Å². The minimum Gasteiger partial charge on any atom is -0.506 e. The highest BCUT2D eigenvalue weighted by Crippen LogP contribution is 2.30. The Balaban J connectivity index is 3.07. The summed E-state index contributed by atoms with van der Waals surface area (Å²) in [5.41, 5.74) is 5.78. The standard InChI is InChI=1S/C9H10ClNO3/c1-14-9(13)7(11)5-3-2-4-6(10)8(5)12/h2-4,7,12H,11H2,1H3. The molecule has 0 bridgehead atoms. The van der Waals surface area contributed by atoms with Crippen molar-refractivity contribution in [3.8, 4) is 5.75 Å². The number of para-hydroxylation sites is 1. The summed E-state index contributed by atoms with van der Waals surface area (Å²) in [6.45, 7) is 0. The summed E-state index contributed by atoms with van der Waals surface area (Å²) in [5.74, 6) is -0.811. The molecule has 0 amide bonds. The highest BCUT2D eigenvalue weighted by molar-refractivity contribution is 6.32. The molecule has 14 heavy (non-hydrogen) atoms. The average Bonchev–Trinajstić information content (AvgIpc) is 2.20. The summed E-state index contributed by atoms with van der Waals surface area (Å²) >= 11 is 5.65. The first-order valence-electron chi connectivity index (χ1n) is 3.88. The third-order valence-corrected chi connectivity index (χ3v) is 2.11. The quantitative estimate of drug-likeness (QED) is 0.728. The van der Waals surface area contributed by atoms with Crippen molar-refractivity contribution >= 4 is 17.6 Å². The monoisotopic (exact) mass is 215 g/mol. The molecule has 0 radical (unpaired) electrons. The Hall–Kier alpha value is -1.26. The van der Waals surface area contributed by atoms with Crippen LogP contribution in [-0.2, 0) is 9.53 Å². The van der Waals surface area contributed by atoms with Crippen LogP contribution in [0.25, 0.3) is 0 Å². The van der Waals surface area contributed by atoms with Crippen LogP contribution in [0, 0.1) is 0 Å². The smallest absolute Gasteiger partial charge is 0.327 e. The molecule has 0 saturated carbocycles. The Kier molecular flexibility index (Phi) is 3.33. The van der Waals surface area contributed by atoms with Crippen LogP contribution in [0.1, 0.15) is 11.6 Å². The van der Waals surface area contributed by atoms with Crippen LogP contribution in [0.2, 0.25) is 5.02 Å². The van der Waals surface area contributed by atoms with E-state index in [-0.39, 0.29) is 16.3 Å². The minimum absolute atomic E-state index is 0.154. The number of esters is 1. The predicted molar refractivity (Wildman–Crippen MR) is 52.1 cm³/mol. The van der Waals surface area contributed by atoms with Gasteiger partial charge in [-0.1, -0.05) is 23.7 Å². The molecule has 0 fully saturated rings. The van der Waals surface area contributed by atoms with Gasteiger partial charge in [0, 0.05) is 5.56 Å². The Morgan fingerprint density at radius 3 is 2.86 bits per heavy atom. The lowest BCUT2D eigenvalue weighted by atomic mass is 10.1. The van der Waals surface area contributed by atoms with Gasteiger partial charge >= 0.3 is 5.97 Å². The number of benzene rings is 1. The number of rotatable bonds is 2. The minimum atomic E-state index is -1.02. The summed E-state index contributed by atoms with van der Waals surface area (Å²) < 4.78 is 4.44. The summed E-state index contributed by atoms with van der Waals surface area (Å²) in [5, 5.41) is 9.65. The molecule has 1 aromatic carbocycles. The molecule has 1 atom stereocenters. The summed E-state index contributed by atoms with van der Waals surface area (Å²) in [7, 11) is 1.23. The van der Waals surface area contributed by atoms with Crippen LogP contribution < -0.4 is 5.73 Å². The maximum Gasteiger partial charge on any atom is 0.327 e. The number of halogens is 1. The van der Waals surface area contributed by atoms with E-state index < -0.39 is 12.0 Å². The zero-order valence-electron chi connectivity index (χ0n) is 7.53. The van der Waals surface area contributed by atoms with Gasteiger partial charge < -0.3 is 15.6 Å². The number of phenols is 1. The number of ether oxygens (including phenoxy) is 1. The zero-order chi connectivity index (χ0) is 10.7. The van der Waals surface area contributed by atoms with Gasteiger partial charge in [0.15, 0.2) is 0 Å². The molecule has 3 N–H and O–H groups in total. The number of methoxy groups -OCH3 is 1. The largest absolute Gasteiger partial charge is 0.506 e. The molecular weight excluding hydrogens is 206 g/mol. The fraction of sp³-hybridized carbons (Fsp3) is 0.222. The van der Waals surface area contributed by atoms with Gasteiger partial charge in [-0.25, -0.2) is 0 Å². The lowest BCUT2D eigenvalue weighted by Crippen LogP contribution is -2.22. The molecule has 0 saturated heterocycles. The number of carbonyl (C=O) groups is 1. The molecule has 4 nitrogen and oxygen atoms in total. The molecule has 76 valence electrons. The van der Waals surface area contributed by atoms with Gasteiger partial charge in [-0.05, 0) is 6.07 Å². The maximum atomic E-state index is 11.1. The van der Waals surface area contributed by atoms with Crippen molar-refractivity contribution in [2.24, 2.45) is 5.73 Å². The molecule has 1 aromatic rings. The molecule has 0 aliphatic rings. The predicted octanol–water partition coefficient (Wildman–Crippen LogP) is 1.22. The number of hydrogen-bond acceptors (Lipinski definition) is 4. The van der Waals surface area contributed by atoms with E-state index in [0.29, 0.717) is 0 Å². The second-order valence-corrected chi connectivity index (χ2v) is 3.09. The molecule has 0 aliphatic heterocycles. The zero-order valence-corrected chi connectivity index (χ0v) is 8.28. The summed E-state index contributed by atoms with van der Waals surface area (Å²) in [4.78, 5) is 11.1. The number of aromatic hydroxyl groups is 1. The van der Waals surface area contributed by atoms with Gasteiger partial charge in [0.1, 0.15) is 11.8 Å². The van der Waals surface area contributed by atoms with Crippen molar-refractivity contribution in [1.82, 2.24) is 0 Å². The van der Waals surface area contributed by atoms with Crippen molar-refractivity contribution in [3.63, 3.8) is 0 Å². The van der Waals surface area contributed by atoms with Crippen molar-refractivity contribution in [1.29, 1.82) is 0 Å². The molecule has 1 unspecified atom stereocenters. The second kappa shape index (κ2) is 4.30. The lowest BCUT2D eigenvalue weighted by Gasteiger charge is -2.11. The lowest BCUT2D eigenvalue weighted by molar-refractivity contribution is -0.142. The van der Waals surface area contributed by atoms with Crippen LogP contribution in [0.3, 0.4) is 0 Å². The average molecular weight is 216 g/mol. The van der Waals surface area contributed by atoms with E-state index in [1.165, 1.54) is 19.2 Å². The SMILES string of the molecule is COC(=O)C(N)c1cccc(Cl)c1O. The van der Waals surface area contributed by atoms with Gasteiger partial charge in [0.2, 0.25) is 0 Å². The van der Waals surface area contributed by atoms with Crippen molar-refractivity contribution < 1.29 is 14.6 Å². The first-order chi connectivity index (χ1) is 6.57. The van der Waals surface area contributed by atoms with Gasteiger partial charge in [-0.15, -0.1) is 0 Å².